The van der Waals surface area contributed by atoms with Crippen LogP contribution in [0.25, 0.3) is 5.69 Å². The van der Waals surface area contributed by atoms with Crippen LogP contribution in [0.1, 0.15) is 24.7 Å². The number of aromatic nitrogens is 4. The SMILES string of the molecule is CCCNCc1nnnn1-c1cc(Br)ccc1C. The highest BCUT2D eigenvalue weighted by Gasteiger charge is 2.10. The molecule has 2 rings (SSSR count). The number of hydrogen-bond acceptors (Lipinski definition) is 4. The standard InChI is InChI=1S/C12H16BrN5/c1-3-6-14-8-12-15-16-17-18(12)11-7-10(13)5-4-9(11)2/h4-5,7,14H,3,6,8H2,1-2H3. The van der Waals surface area contributed by atoms with Gasteiger partial charge in [-0.05, 0) is 48.0 Å². The quantitative estimate of drug-likeness (QED) is 0.861. The smallest absolute Gasteiger partial charge is 0.170 e. The maximum atomic E-state index is 4.06. The highest BCUT2D eigenvalue weighted by atomic mass is 79.9. The summed E-state index contributed by atoms with van der Waals surface area (Å²) in [4.78, 5) is 0. The summed E-state index contributed by atoms with van der Waals surface area (Å²) in [6, 6.07) is 6.08. The van der Waals surface area contributed by atoms with E-state index in [0.29, 0.717) is 6.54 Å². The Kier molecular flexibility index (Phi) is 4.43. The fourth-order valence-corrected chi connectivity index (χ4v) is 2.04. The Hall–Kier alpha value is -1.27. The fraction of sp³-hybridized carbons (Fsp3) is 0.417. The minimum absolute atomic E-state index is 0.673. The average molecular weight is 310 g/mol. The molecule has 5 nitrogen and oxygen atoms in total. The van der Waals surface area contributed by atoms with Gasteiger partial charge in [0.2, 0.25) is 0 Å². The molecule has 0 amide bonds. The molecular formula is C12H16BrN5. The van der Waals surface area contributed by atoms with E-state index in [2.05, 4.69) is 43.7 Å². The minimum atomic E-state index is 0.673. The van der Waals surface area contributed by atoms with Crippen molar-refractivity contribution >= 4 is 15.9 Å². The Bertz CT molecular complexity index is 523. The molecule has 6 heteroatoms. The lowest BCUT2D eigenvalue weighted by Gasteiger charge is -2.08. The van der Waals surface area contributed by atoms with Crippen LogP contribution in [-0.2, 0) is 6.54 Å². The van der Waals surface area contributed by atoms with Crippen LogP contribution in [0.15, 0.2) is 22.7 Å². The number of rotatable bonds is 5. The Morgan fingerprint density at radius 1 is 1.39 bits per heavy atom. The second-order valence-corrected chi connectivity index (χ2v) is 5.03. The van der Waals surface area contributed by atoms with Gasteiger partial charge in [0.1, 0.15) is 0 Å². The molecule has 0 atom stereocenters. The van der Waals surface area contributed by atoms with Gasteiger partial charge in [-0.2, -0.15) is 4.68 Å². The van der Waals surface area contributed by atoms with Gasteiger partial charge in [-0.15, -0.1) is 5.10 Å². The largest absolute Gasteiger partial charge is 0.310 e. The average Bonchev–Trinajstić information content (AvgIpc) is 2.81. The van der Waals surface area contributed by atoms with Crippen LogP contribution in [-0.4, -0.2) is 26.8 Å². The molecule has 0 aliphatic carbocycles. The van der Waals surface area contributed by atoms with Crippen LogP contribution in [0.4, 0.5) is 0 Å². The van der Waals surface area contributed by atoms with Crippen molar-refractivity contribution in [2.75, 3.05) is 6.54 Å². The monoisotopic (exact) mass is 309 g/mol. The zero-order valence-corrected chi connectivity index (χ0v) is 12.1. The maximum Gasteiger partial charge on any atom is 0.170 e. The van der Waals surface area contributed by atoms with Crippen LogP contribution in [0, 0.1) is 6.92 Å². The van der Waals surface area contributed by atoms with Gasteiger partial charge in [0.25, 0.3) is 0 Å². The molecule has 0 radical (unpaired) electrons. The molecular weight excluding hydrogens is 294 g/mol. The highest BCUT2D eigenvalue weighted by molar-refractivity contribution is 9.10. The number of benzene rings is 1. The Morgan fingerprint density at radius 3 is 3.00 bits per heavy atom. The minimum Gasteiger partial charge on any atom is -0.310 e. The molecule has 96 valence electrons. The van der Waals surface area contributed by atoms with E-state index in [1.807, 2.05) is 25.1 Å². The molecule has 0 aliphatic heterocycles. The van der Waals surface area contributed by atoms with Gasteiger partial charge < -0.3 is 5.32 Å². The van der Waals surface area contributed by atoms with Gasteiger partial charge in [-0.25, -0.2) is 0 Å². The molecule has 0 fully saturated rings. The summed E-state index contributed by atoms with van der Waals surface area (Å²) in [7, 11) is 0. The molecule has 1 N–H and O–H groups in total. The van der Waals surface area contributed by atoms with Crippen molar-refractivity contribution in [3.63, 3.8) is 0 Å². The number of halogens is 1. The van der Waals surface area contributed by atoms with E-state index in [-0.39, 0.29) is 0 Å². The van der Waals surface area contributed by atoms with E-state index in [1.54, 1.807) is 4.68 Å². The lowest BCUT2D eigenvalue weighted by Crippen LogP contribution is -2.18. The number of aryl methyl sites for hydroxylation is 1. The molecule has 0 unspecified atom stereocenters. The summed E-state index contributed by atoms with van der Waals surface area (Å²) in [5, 5.41) is 15.2. The molecule has 18 heavy (non-hydrogen) atoms. The number of hydrogen-bond donors (Lipinski definition) is 1. The second kappa shape index (κ2) is 6.06. The normalized spacial score (nSPS) is 10.8. The van der Waals surface area contributed by atoms with Gasteiger partial charge in [0.05, 0.1) is 12.2 Å². The van der Waals surface area contributed by atoms with Crippen molar-refractivity contribution in [1.82, 2.24) is 25.5 Å². The number of nitrogens with one attached hydrogen (secondary N) is 1. The van der Waals surface area contributed by atoms with E-state index in [4.69, 9.17) is 0 Å². The predicted molar refractivity (Wildman–Crippen MR) is 73.6 cm³/mol. The second-order valence-electron chi connectivity index (χ2n) is 4.11. The molecule has 0 aliphatic rings. The fourth-order valence-electron chi connectivity index (χ4n) is 1.69. The van der Waals surface area contributed by atoms with E-state index in [9.17, 15) is 0 Å². The third kappa shape index (κ3) is 2.94. The topological polar surface area (TPSA) is 55.6 Å². The van der Waals surface area contributed by atoms with E-state index < -0.39 is 0 Å². The van der Waals surface area contributed by atoms with E-state index in [1.165, 1.54) is 0 Å². The number of nitrogens with zero attached hydrogens (tertiary/aromatic N) is 4. The summed E-state index contributed by atoms with van der Waals surface area (Å²) >= 11 is 3.47. The van der Waals surface area contributed by atoms with Crippen LogP contribution < -0.4 is 5.32 Å². The third-order valence-electron chi connectivity index (χ3n) is 2.64. The summed E-state index contributed by atoms with van der Waals surface area (Å²) in [6.45, 7) is 5.82. The molecule has 0 bridgehead atoms. The van der Waals surface area contributed by atoms with Gasteiger partial charge in [-0.1, -0.05) is 28.9 Å². The number of tetrazole rings is 1. The van der Waals surface area contributed by atoms with Crippen LogP contribution in [0.5, 0.6) is 0 Å². The van der Waals surface area contributed by atoms with Gasteiger partial charge in [0, 0.05) is 4.47 Å². The van der Waals surface area contributed by atoms with Gasteiger partial charge in [0.15, 0.2) is 5.82 Å². The molecule has 1 aromatic carbocycles. The van der Waals surface area contributed by atoms with Crippen molar-refractivity contribution in [2.24, 2.45) is 0 Å². The molecule has 2 aromatic rings. The zero-order chi connectivity index (χ0) is 13.0. The zero-order valence-electron chi connectivity index (χ0n) is 10.5. The first kappa shape index (κ1) is 13.2. The molecule has 1 heterocycles. The van der Waals surface area contributed by atoms with Crippen molar-refractivity contribution in [3.05, 3.63) is 34.1 Å². The Balaban J connectivity index is 2.27. The Labute approximate surface area is 115 Å². The van der Waals surface area contributed by atoms with Gasteiger partial charge >= 0.3 is 0 Å². The first-order chi connectivity index (χ1) is 8.72. The molecule has 0 spiro atoms. The summed E-state index contributed by atoms with van der Waals surface area (Å²) in [6.07, 6.45) is 1.09. The van der Waals surface area contributed by atoms with E-state index >= 15 is 0 Å². The summed E-state index contributed by atoms with van der Waals surface area (Å²) in [5.74, 6) is 0.824. The van der Waals surface area contributed by atoms with Crippen molar-refractivity contribution in [1.29, 1.82) is 0 Å². The van der Waals surface area contributed by atoms with E-state index in [0.717, 1.165) is 34.5 Å². The van der Waals surface area contributed by atoms with Crippen LogP contribution >= 0.6 is 15.9 Å². The lowest BCUT2D eigenvalue weighted by molar-refractivity contribution is 0.632. The lowest BCUT2D eigenvalue weighted by atomic mass is 10.2. The maximum absolute atomic E-state index is 4.06. The van der Waals surface area contributed by atoms with Crippen molar-refractivity contribution in [3.8, 4) is 5.69 Å². The first-order valence-corrected chi connectivity index (χ1v) is 6.76. The highest BCUT2D eigenvalue weighted by Crippen LogP contribution is 2.19. The van der Waals surface area contributed by atoms with Crippen molar-refractivity contribution in [2.45, 2.75) is 26.8 Å². The van der Waals surface area contributed by atoms with Crippen molar-refractivity contribution < 1.29 is 0 Å². The summed E-state index contributed by atoms with van der Waals surface area (Å²) < 4.78 is 2.80. The summed E-state index contributed by atoms with van der Waals surface area (Å²) in [5.41, 5.74) is 2.14. The molecule has 0 saturated heterocycles. The van der Waals surface area contributed by atoms with Gasteiger partial charge in [-0.3, -0.25) is 0 Å². The molecule has 0 saturated carbocycles. The predicted octanol–water partition coefficient (Wildman–Crippen LogP) is 2.23. The van der Waals surface area contributed by atoms with Crippen LogP contribution in [0.3, 0.4) is 0 Å². The molecule has 1 aromatic heterocycles. The van der Waals surface area contributed by atoms with Crippen LogP contribution in [0.2, 0.25) is 0 Å². The Morgan fingerprint density at radius 2 is 2.22 bits per heavy atom. The first-order valence-electron chi connectivity index (χ1n) is 5.97. The third-order valence-corrected chi connectivity index (χ3v) is 3.14.